The van der Waals surface area contributed by atoms with Crippen LogP contribution in [0.4, 0.5) is 0 Å². The van der Waals surface area contributed by atoms with Crippen LogP contribution in [0.25, 0.3) is 123 Å². The lowest BCUT2D eigenvalue weighted by Gasteiger charge is -2.16. The van der Waals surface area contributed by atoms with E-state index in [1.54, 1.807) is 0 Å². The summed E-state index contributed by atoms with van der Waals surface area (Å²) < 4.78 is 4.80. The Labute approximate surface area is 391 Å². The van der Waals surface area contributed by atoms with Crippen molar-refractivity contribution in [3.05, 3.63) is 231 Å². The normalized spacial score (nSPS) is 11.5. The maximum Gasteiger partial charge on any atom is 0.164 e. The number of para-hydroxylation sites is 3. The quantitative estimate of drug-likeness (QED) is 0.151. The van der Waals surface area contributed by atoms with Crippen LogP contribution in [0.15, 0.2) is 231 Å². The average molecular weight is 871 g/mol. The Morgan fingerprint density at radius 1 is 0.221 bits per heavy atom. The van der Waals surface area contributed by atoms with Crippen molar-refractivity contribution in [2.24, 2.45) is 0 Å². The van der Waals surface area contributed by atoms with Crippen molar-refractivity contribution in [1.29, 1.82) is 0 Å². The van der Waals surface area contributed by atoms with Gasteiger partial charge in [0.1, 0.15) is 0 Å². The molecule has 0 saturated carbocycles. The highest BCUT2D eigenvalue weighted by Crippen LogP contribution is 2.43. The van der Waals surface area contributed by atoms with Gasteiger partial charge < -0.3 is 9.13 Å². The monoisotopic (exact) mass is 870 g/mol. The summed E-state index contributed by atoms with van der Waals surface area (Å²) in [5.74, 6) is 3.34. The van der Waals surface area contributed by atoms with Crippen LogP contribution in [0.2, 0.25) is 0 Å². The first-order valence-corrected chi connectivity index (χ1v) is 22.6. The Bertz CT molecular complexity index is 3740. The molecule has 8 nitrogen and oxygen atoms in total. The van der Waals surface area contributed by atoms with Gasteiger partial charge in [-0.2, -0.15) is 0 Å². The molecular formula is C60H38N8. The zero-order valence-electron chi connectivity index (χ0n) is 36.5. The van der Waals surface area contributed by atoms with Gasteiger partial charge in [0.2, 0.25) is 0 Å². The van der Waals surface area contributed by atoms with Gasteiger partial charge in [-0.1, -0.05) is 188 Å². The summed E-state index contributed by atoms with van der Waals surface area (Å²) in [7, 11) is 0. The second-order valence-corrected chi connectivity index (χ2v) is 16.7. The summed E-state index contributed by atoms with van der Waals surface area (Å²) >= 11 is 0. The minimum absolute atomic E-state index is 0.519. The van der Waals surface area contributed by atoms with E-state index in [0.29, 0.717) is 34.9 Å². The lowest BCUT2D eigenvalue weighted by Crippen LogP contribution is -2.04. The Kier molecular flexibility index (Phi) is 9.31. The van der Waals surface area contributed by atoms with E-state index in [2.05, 4.69) is 118 Å². The molecule has 0 aliphatic carbocycles. The number of fused-ring (bicyclic) bond motifs is 7. The summed E-state index contributed by atoms with van der Waals surface area (Å²) in [5.41, 5.74) is 11.5. The number of hydrogen-bond acceptors (Lipinski definition) is 6. The minimum atomic E-state index is 0.519. The van der Waals surface area contributed by atoms with Crippen LogP contribution in [-0.4, -0.2) is 39.0 Å². The SMILES string of the molecule is c1ccc(-c2nc(-c3ccccc3)nc(-c3cc(-c4nc(-c5ccccc5)nc(-c5ccccc5)n4)cc(-n4c5ccccc5c5ccc6c7ccccc7n(-c7ccccc7)c6c54)c3)n2)cc1. The van der Waals surface area contributed by atoms with Gasteiger partial charge in [-0.3, -0.25) is 0 Å². The average Bonchev–Trinajstić information content (AvgIpc) is 3.95. The van der Waals surface area contributed by atoms with Crippen LogP contribution in [0.5, 0.6) is 0 Å². The van der Waals surface area contributed by atoms with Crippen LogP contribution < -0.4 is 0 Å². The number of aromatic nitrogens is 8. The first kappa shape index (κ1) is 39.0. The predicted molar refractivity (Wildman–Crippen MR) is 275 cm³/mol. The lowest BCUT2D eigenvalue weighted by molar-refractivity contribution is 1.06. The summed E-state index contributed by atoms with van der Waals surface area (Å²) in [5, 5.41) is 4.61. The molecule has 0 atom stereocenters. The minimum Gasteiger partial charge on any atom is -0.307 e. The third-order valence-electron chi connectivity index (χ3n) is 12.6. The van der Waals surface area contributed by atoms with Crippen molar-refractivity contribution >= 4 is 43.6 Å². The fourth-order valence-corrected chi connectivity index (χ4v) is 9.49. The molecule has 0 unspecified atom stereocenters. The second kappa shape index (κ2) is 16.2. The van der Waals surface area contributed by atoms with Gasteiger partial charge >= 0.3 is 0 Å². The number of rotatable bonds is 8. The summed E-state index contributed by atoms with van der Waals surface area (Å²) in [4.78, 5) is 31.1. The molecule has 0 aliphatic heterocycles. The van der Waals surface area contributed by atoms with Crippen molar-refractivity contribution < 1.29 is 0 Å². The second-order valence-electron chi connectivity index (χ2n) is 16.7. The Hall–Kier alpha value is -9.40. The first-order valence-electron chi connectivity index (χ1n) is 22.6. The van der Waals surface area contributed by atoms with E-state index in [1.165, 1.54) is 5.39 Å². The standard InChI is InChI=1S/C60H38N8/c1-6-20-39(21-7-1)55-61-56(40-22-8-2-9-23-40)64-59(63-55)43-36-44(60-65-57(41-24-10-3-11-25-41)62-58(66-60)42-26-12-4-13-27-42)38-46(37-43)68-52-33-19-17-31-48(52)50-35-34-49-47-30-16-18-32-51(47)67(53(49)54(50)68)45-28-14-5-15-29-45/h1-38H. The van der Waals surface area contributed by atoms with Gasteiger partial charge in [0.05, 0.1) is 22.1 Å². The summed E-state index contributed by atoms with van der Waals surface area (Å²) in [6.07, 6.45) is 0. The van der Waals surface area contributed by atoms with E-state index in [-0.39, 0.29) is 0 Å². The van der Waals surface area contributed by atoms with E-state index in [4.69, 9.17) is 29.9 Å². The highest BCUT2D eigenvalue weighted by molar-refractivity contribution is 6.23. The first-order chi connectivity index (χ1) is 33.7. The maximum absolute atomic E-state index is 5.26. The molecule has 0 spiro atoms. The van der Waals surface area contributed by atoms with Crippen LogP contribution in [-0.2, 0) is 0 Å². The zero-order chi connectivity index (χ0) is 45.0. The van der Waals surface area contributed by atoms with Crippen LogP contribution >= 0.6 is 0 Å². The third-order valence-corrected chi connectivity index (χ3v) is 12.6. The highest BCUT2D eigenvalue weighted by Gasteiger charge is 2.23. The zero-order valence-corrected chi connectivity index (χ0v) is 36.5. The van der Waals surface area contributed by atoms with Crippen molar-refractivity contribution in [2.45, 2.75) is 0 Å². The molecule has 0 amide bonds. The van der Waals surface area contributed by atoms with E-state index in [9.17, 15) is 0 Å². The van der Waals surface area contributed by atoms with Crippen LogP contribution in [0.3, 0.4) is 0 Å². The summed E-state index contributed by atoms with van der Waals surface area (Å²) in [6.45, 7) is 0. The Balaban J connectivity index is 1.16. The van der Waals surface area contributed by atoms with Gasteiger partial charge in [-0.25, -0.2) is 29.9 Å². The molecule has 318 valence electrons. The van der Waals surface area contributed by atoms with E-state index < -0.39 is 0 Å². The van der Waals surface area contributed by atoms with Crippen LogP contribution in [0, 0.1) is 0 Å². The molecule has 8 heteroatoms. The molecule has 68 heavy (non-hydrogen) atoms. The van der Waals surface area contributed by atoms with E-state index >= 15 is 0 Å². The van der Waals surface area contributed by atoms with Gasteiger partial charge in [0, 0.05) is 66.3 Å². The molecule has 0 saturated heterocycles. The van der Waals surface area contributed by atoms with Crippen molar-refractivity contribution in [2.75, 3.05) is 0 Å². The van der Waals surface area contributed by atoms with Gasteiger partial charge in [-0.05, 0) is 42.5 Å². The maximum atomic E-state index is 5.26. The molecule has 0 bridgehead atoms. The largest absolute Gasteiger partial charge is 0.307 e. The molecule has 0 fully saturated rings. The molecule has 4 aromatic heterocycles. The molecule has 0 radical (unpaired) electrons. The third kappa shape index (κ3) is 6.70. The molecule has 4 heterocycles. The van der Waals surface area contributed by atoms with Crippen molar-refractivity contribution in [1.82, 2.24) is 39.0 Å². The smallest absolute Gasteiger partial charge is 0.164 e. The highest BCUT2D eigenvalue weighted by atomic mass is 15.1. The van der Waals surface area contributed by atoms with Gasteiger partial charge in [-0.15, -0.1) is 0 Å². The molecule has 0 N–H and O–H groups in total. The van der Waals surface area contributed by atoms with E-state index in [0.717, 1.165) is 83.0 Å². The number of benzene rings is 9. The molecule has 0 aliphatic rings. The fraction of sp³-hybridized carbons (Fsp3) is 0. The van der Waals surface area contributed by atoms with Crippen LogP contribution in [0.1, 0.15) is 0 Å². The van der Waals surface area contributed by atoms with Crippen molar-refractivity contribution in [3.8, 4) is 79.7 Å². The fourth-order valence-electron chi connectivity index (χ4n) is 9.49. The van der Waals surface area contributed by atoms with Gasteiger partial charge in [0.25, 0.3) is 0 Å². The molecule has 13 aromatic rings. The topological polar surface area (TPSA) is 87.2 Å². The van der Waals surface area contributed by atoms with E-state index in [1.807, 2.05) is 121 Å². The Morgan fingerprint density at radius 2 is 0.515 bits per heavy atom. The Morgan fingerprint density at radius 3 is 0.882 bits per heavy atom. The van der Waals surface area contributed by atoms with Gasteiger partial charge in [0.15, 0.2) is 34.9 Å². The van der Waals surface area contributed by atoms with Crippen molar-refractivity contribution in [3.63, 3.8) is 0 Å². The predicted octanol–water partition coefficient (Wildman–Crippen LogP) is 14.3. The summed E-state index contributed by atoms with van der Waals surface area (Å²) in [6, 6.07) is 79.3. The number of hydrogen-bond donors (Lipinski definition) is 0. The molecule has 13 rings (SSSR count). The molecule has 9 aromatic carbocycles. The number of nitrogens with zero attached hydrogens (tertiary/aromatic N) is 8. The lowest BCUT2D eigenvalue weighted by atomic mass is 10.1. The molecular weight excluding hydrogens is 833 g/mol.